The number of aromatic nitrogens is 1. The highest BCUT2D eigenvalue weighted by Gasteiger charge is 2.25. The van der Waals surface area contributed by atoms with Gasteiger partial charge < -0.3 is 9.47 Å². The van der Waals surface area contributed by atoms with Crippen LogP contribution in [0.25, 0.3) is 10.9 Å². The number of hydrogen-bond donors (Lipinski definition) is 0. The molecule has 0 aliphatic carbocycles. The second kappa shape index (κ2) is 6.44. The molecule has 1 aliphatic heterocycles. The van der Waals surface area contributed by atoms with E-state index in [1.165, 1.54) is 16.5 Å². The zero-order valence-corrected chi connectivity index (χ0v) is 14.8. The molecule has 0 spiro atoms. The summed E-state index contributed by atoms with van der Waals surface area (Å²) < 4.78 is 2.22. The first-order valence-electron chi connectivity index (χ1n) is 8.56. The van der Waals surface area contributed by atoms with Crippen molar-refractivity contribution in [1.29, 1.82) is 0 Å². The molecule has 0 atom stereocenters. The van der Waals surface area contributed by atoms with E-state index in [4.69, 9.17) is 0 Å². The number of benzene rings is 1. The number of rotatable bonds is 3. The molecule has 124 valence electrons. The summed E-state index contributed by atoms with van der Waals surface area (Å²) in [5, 5.41) is 3.40. The normalized spacial score (nSPS) is 16.0. The van der Waals surface area contributed by atoms with E-state index in [1.54, 1.807) is 11.3 Å². The van der Waals surface area contributed by atoms with Crippen molar-refractivity contribution in [1.82, 2.24) is 9.47 Å². The topological polar surface area (TPSA) is 25.2 Å². The number of nitrogens with zero attached hydrogens (tertiary/aromatic N) is 2. The third kappa shape index (κ3) is 2.86. The number of thiophene rings is 1. The van der Waals surface area contributed by atoms with Gasteiger partial charge in [0.05, 0.1) is 6.42 Å². The molecule has 1 amide bonds. The number of hydrogen-bond acceptors (Lipinski definition) is 2. The van der Waals surface area contributed by atoms with Crippen LogP contribution in [-0.2, 0) is 18.3 Å². The Morgan fingerprint density at radius 2 is 1.96 bits per heavy atom. The molecule has 3 nitrogen and oxygen atoms in total. The number of fused-ring (bicyclic) bond motifs is 1. The van der Waals surface area contributed by atoms with Crippen LogP contribution in [0.2, 0.25) is 0 Å². The zero-order chi connectivity index (χ0) is 16.5. The highest BCUT2D eigenvalue weighted by Crippen LogP contribution is 2.34. The van der Waals surface area contributed by atoms with Gasteiger partial charge in [0, 0.05) is 42.1 Å². The van der Waals surface area contributed by atoms with Gasteiger partial charge in [0.15, 0.2) is 0 Å². The highest BCUT2D eigenvalue weighted by atomic mass is 32.1. The van der Waals surface area contributed by atoms with E-state index >= 15 is 0 Å². The van der Waals surface area contributed by atoms with Crippen LogP contribution in [0.5, 0.6) is 0 Å². The van der Waals surface area contributed by atoms with Crippen molar-refractivity contribution in [2.45, 2.75) is 25.2 Å². The summed E-state index contributed by atoms with van der Waals surface area (Å²) in [5.41, 5.74) is 2.74. The molecule has 24 heavy (non-hydrogen) atoms. The largest absolute Gasteiger partial charge is 0.350 e. The molecule has 3 heterocycles. The van der Waals surface area contributed by atoms with Crippen LogP contribution in [0.4, 0.5) is 0 Å². The minimum atomic E-state index is 0.272. The first-order valence-corrected chi connectivity index (χ1v) is 9.44. The molecule has 1 saturated heterocycles. The number of piperidine rings is 1. The molecule has 0 radical (unpaired) electrons. The summed E-state index contributed by atoms with van der Waals surface area (Å²) in [7, 11) is 2.12. The van der Waals surface area contributed by atoms with Gasteiger partial charge in [0.2, 0.25) is 5.91 Å². The average molecular weight is 338 g/mol. The van der Waals surface area contributed by atoms with Gasteiger partial charge in [-0.3, -0.25) is 4.79 Å². The van der Waals surface area contributed by atoms with E-state index in [2.05, 4.69) is 42.1 Å². The van der Waals surface area contributed by atoms with Gasteiger partial charge in [-0.25, -0.2) is 0 Å². The molecule has 0 unspecified atom stereocenters. The number of likely N-dealkylation sites (tertiary alicyclic amines) is 1. The van der Waals surface area contributed by atoms with Gasteiger partial charge in [0.1, 0.15) is 0 Å². The third-order valence-electron chi connectivity index (χ3n) is 5.12. The monoisotopic (exact) mass is 338 g/mol. The summed E-state index contributed by atoms with van der Waals surface area (Å²) in [4.78, 5) is 15.7. The first-order chi connectivity index (χ1) is 11.7. The van der Waals surface area contributed by atoms with Crippen molar-refractivity contribution in [2.24, 2.45) is 7.05 Å². The van der Waals surface area contributed by atoms with Crippen LogP contribution in [0.15, 0.2) is 48.0 Å². The first kappa shape index (κ1) is 15.5. The molecule has 1 aliphatic rings. The van der Waals surface area contributed by atoms with Crippen molar-refractivity contribution >= 4 is 28.1 Å². The summed E-state index contributed by atoms with van der Waals surface area (Å²) in [6.45, 7) is 1.75. The van der Waals surface area contributed by atoms with E-state index in [0.717, 1.165) is 30.8 Å². The summed E-state index contributed by atoms with van der Waals surface area (Å²) in [6.07, 6.45) is 4.95. The lowest BCUT2D eigenvalue weighted by Gasteiger charge is -2.32. The van der Waals surface area contributed by atoms with Crippen molar-refractivity contribution in [3.63, 3.8) is 0 Å². The fourth-order valence-corrected chi connectivity index (χ4v) is 4.51. The Bertz CT molecular complexity index is 842. The quantitative estimate of drug-likeness (QED) is 0.703. The fourth-order valence-electron chi connectivity index (χ4n) is 3.81. The maximum absolute atomic E-state index is 12.5. The van der Waals surface area contributed by atoms with Gasteiger partial charge in [-0.15, -0.1) is 11.3 Å². The average Bonchev–Trinajstić information content (AvgIpc) is 3.24. The van der Waals surface area contributed by atoms with Gasteiger partial charge in [-0.2, -0.15) is 0 Å². The number of carbonyl (C=O) groups excluding carboxylic acids is 1. The minimum Gasteiger partial charge on any atom is -0.350 e. The second-order valence-corrected chi connectivity index (χ2v) is 7.66. The van der Waals surface area contributed by atoms with Crippen LogP contribution >= 0.6 is 11.3 Å². The zero-order valence-electron chi connectivity index (χ0n) is 13.9. The van der Waals surface area contributed by atoms with E-state index in [0.29, 0.717) is 12.3 Å². The second-order valence-electron chi connectivity index (χ2n) is 6.62. The third-order valence-corrected chi connectivity index (χ3v) is 6.00. The molecule has 0 saturated carbocycles. The maximum atomic E-state index is 12.5. The molecule has 2 aromatic heterocycles. The number of carbonyl (C=O) groups is 1. The summed E-state index contributed by atoms with van der Waals surface area (Å²) in [5.74, 6) is 0.829. The van der Waals surface area contributed by atoms with E-state index in [1.807, 2.05) is 22.4 Å². The summed E-state index contributed by atoms with van der Waals surface area (Å²) in [6, 6.07) is 12.7. The van der Waals surface area contributed by atoms with Gasteiger partial charge in [0.25, 0.3) is 0 Å². The van der Waals surface area contributed by atoms with Crippen LogP contribution in [0, 0.1) is 0 Å². The molecular formula is C20H22N2OS. The lowest BCUT2D eigenvalue weighted by molar-refractivity contribution is -0.131. The predicted octanol–water partition coefficient (Wildman–Crippen LogP) is 4.19. The molecule has 1 aromatic carbocycles. The predicted molar refractivity (Wildman–Crippen MR) is 99.5 cm³/mol. The molecule has 3 aromatic rings. The number of aryl methyl sites for hydroxylation is 1. The van der Waals surface area contributed by atoms with Crippen LogP contribution < -0.4 is 0 Å². The Morgan fingerprint density at radius 1 is 1.17 bits per heavy atom. The Kier molecular flexibility index (Phi) is 4.15. The van der Waals surface area contributed by atoms with Gasteiger partial charge in [-0.05, 0) is 41.8 Å². The Morgan fingerprint density at radius 3 is 2.71 bits per heavy atom. The SMILES string of the molecule is Cn1cc(C2CCN(C(=O)Cc3cccs3)CC2)c2ccccc21. The molecule has 4 rings (SSSR count). The van der Waals surface area contributed by atoms with Gasteiger partial charge >= 0.3 is 0 Å². The Balaban J connectivity index is 1.45. The van der Waals surface area contributed by atoms with Crippen molar-refractivity contribution in [3.8, 4) is 0 Å². The van der Waals surface area contributed by atoms with E-state index < -0.39 is 0 Å². The minimum absolute atomic E-state index is 0.272. The highest BCUT2D eigenvalue weighted by molar-refractivity contribution is 7.10. The lowest BCUT2D eigenvalue weighted by Crippen LogP contribution is -2.38. The molecule has 4 heteroatoms. The number of para-hydroxylation sites is 1. The van der Waals surface area contributed by atoms with Crippen molar-refractivity contribution in [2.75, 3.05) is 13.1 Å². The van der Waals surface area contributed by atoms with Gasteiger partial charge in [-0.1, -0.05) is 24.3 Å². The molecule has 1 fully saturated rings. The molecule has 0 bridgehead atoms. The number of amides is 1. The summed E-state index contributed by atoms with van der Waals surface area (Å²) >= 11 is 1.67. The molecule has 0 N–H and O–H groups in total. The maximum Gasteiger partial charge on any atom is 0.227 e. The smallest absolute Gasteiger partial charge is 0.227 e. The Hall–Kier alpha value is -2.07. The van der Waals surface area contributed by atoms with E-state index in [9.17, 15) is 4.79 Å². The van der Waals surface area contributed by atoms with Crippen LogP contribution in [-0.4, -0.2) is 28.5 Å². The van der Waals surface area contributed by atoms with Crippen LogP contribution in [0.3, 0.4) is 0 Å². The van der Waals surface area contributed by atoms with E-state index in [-0.39, 0.29) is 5.91 Å². The Labute approximate surface area is 146 Å². The van der Waals surface area contributed by atoms with Crippen molar-refractivity contribution < 1.29 is 4.79 Å². The standard InChI is InChI=1S/C20H22N2OS/c1-21-14-18(17-6-2-3-7-19(17)21)15-8-10-22(11-9-15)20(23)13-16-5-4-12-24-16/h2-7,12,14-15H,8-11,13H2,1H3. The van der Waals surface area contributed by atoms with Crippen LogP contribution in [0.1, 0.15) is 29.2 Å². The lowest BCUT2D eigenvalue weighted by atomic mass is 9.89. The molecular weight excluding hydrogens is 316 g/mol. The fraction of sp³-hybridized carbons (Fsp3) is 0.350. The van der Waals surface area contributed by atoms with Crippen molar-refractivity contribution in [3.05, 3.63) is 58.4 Å².